The molecule has 138 valence electrons. The van der Waals surface area contributed by atoms with Gasteiger partial charge in [-0.3, -0.25) is 14.6 Å². The molecule has 3 aromatic rings. The fourth-order valence-corrected chi connectivity index (χ4v) is 3.75. The molecule has 0 bridgehead atoms. The van der Waals surface area contributed by atoms with E-state index < -0.39 is 0 Å². The molecular weight excluding hydrogens is 382 g/mol. The number of nitrogens with one attached hydrogen (secondary N) is 2. The maximum Gasteiger partial charge on any atom is 0.261 e. The van der Waals surface area contributed by atoms with Crippen molar-refractivity contribution >= 4 is 39.8 Å². The van der Waals surface area contributed by atoms with E-state index in [0.717, 1.165) is 11.1 Å². The van der Waals surface area contributed by atoms with E-state index in [2.05, 4.69) is 15.6 Å². The lowest BCUT2D eigenvalue weighted by Crippen LogP contribution is -2.25. The van der Waals surface area contributed by atoms with Crippen LogP contribution in [0.1, 0.15) is 31.2 Å². The van der Waals surface area contributed by atoms with Gasteiger partial charge >= 0.3 is 0 Å². The molecule has 27 heavy (non-hydrogen) atoms. The van der Waals surface area contributed by atoms with E-state index >= 15 is 0 Å². The first-order valence-electron chi connectivity index (χ1n) is 8.38. The minimum Gasteiger partial charge on any atom is -0.351 e. The molecule has 2 N–H and O–H groups in total. The van der Waals surface area contributed by atoms with E-state index in [1.165, 1.54) is 11.3 Å². The van der Waals surface area contributed by atoms with Gasteiger partial charge in [0.2, 0.25) is 0 Å². The standard InChI is InChI=1S/C20H18ClN3O2S/c1-13-11-17(24-19(25)15-6-2-3-7-16(15)21)27-18(13)20(26)23-10-8-14-5-4-9-22-12-14/h2-7,9,11-12H,8,10H2,1H3,(H,23,26)(H,24,25). The number of amides is 2. The van der Waals surface area contributed by atoms with Gasteiger partial charge in [-0.1, -0.05) is 29.8 Å². The van der Waals surface area contributed by atoms with Gasteiger partial charge in [-0.15, -0.1) is 11.3 Å². The van der Waals surface area contributed by atoms with Crippen LogP contribution in [-0.2, 0) is 6.42 Å². The second kappa shape index (κ2) is 8.79. The molecule has 5 nitrogen and oxygen atoms in total. The number of anilines is 1. The molecule has 0 aliphatic rings. The van der Waals surface area contributed by atoms with E-state index in [-0.39, 0.29) is 11.8 Å². The summed E-state index contributed by atoms with van der Waals surface area (Å²) in [7, 11) is 0. The zero-order valence-corrected chi connectivity index (χ0v) is 16.2. The zero-order valence-electron chi connectivity index (χ0n) is 14.7. The normalized spacial score (nSPS) is 10.4. The lowest BCUT2D eigenvalue weighted by Gasteiger charge is -2.05. The number of hydrogen-bond donors (Lipinski definition) is 2. The highest BCUT2D eigenvalue weighted by molar-refractivity contribution is 7.18. The fourth-order valence-electron chi connectivity index (χ4n) is 2.54. The first-order valence-corrected chi connectivity index (χ1v) is 9.57. The minimum absolute atomic E-state index is 0.153. The first kappa shape index (κ1) is 19.1. The fraction of sp³-hybridized carbons (Fsp3) is 0.150. The number of rotatable bonds is 6. The van der Waals surface area contributed by atoms with Crippen molar-refractivity contribution in [2.45, 2.75) is 13.3 Å². The van der Waals surface area contributed by atoms with Crippen LogP contribution in [0.4, 0.5) is 5.00 Å². The number of aryl methyl sites for hydroxylation is 1. The van der Waals surface area contributed by atoms with Crippen LogP contribution < -0.4 is 10.6 Å². The number of pyridine rings is 1. The Morgan fingerprint density at radius 3 is 2.70 bits per heavy atom. The summed E-state index contributed by atoms with van der Waals surface area (Å²) in [4.78, 5) is 29.4. The topological polar surface area (TPSA) is 71.1 Å². The highest BCUT2D eigenvalue weighted by Gasteiger charge is 2.16. The first-order chi connectivity index (χ1) is 13.0. The van der Waals surface area contributed by atoms with Crippen LogP contribution >= 0.6 is 22.9 Å². The van der Waals surface area contributed by atoms with E-state index in [4.69, 9.17) is 11.6 Å². The predicted molar refractivity (Wildman–Crippen MR) is 109 cm³/mol. The third-order valence-electron chi connectivity index (χ3n) is 3.90. The third kappa shape index (κ3) is 4.93. The van der Waals surface area contributed by atoms with Crippen molar-refractivity contribution in [1.82, 2.24) is 10.3 Å². The van der Waals surface area contributed by atoms with Crippen LogP contribution in [0.25, 0.3) is 0 Å². The number of benzene rings is 1. The van der Waals surface area contributed by atoms with Crippen molar-refractivity contribution in [1.29, 1.82) is 0 Å². The Balaban J connectivity index is 1.61. The Morgan fingerprint density at radius 1 is 1.15 bits per heavy atom. The molecule has 0 aliphatic heterocycles. The Hall–Kier alpha value is -2.70. The van der Waals surface area contributed by atoms with Crippen LogP contribution in [0.3, 0.4) is 0 Å². The van der Waals surface area contributed by atoms with Crippen molar-refractivity contribution in [3.63, 3.8) is 0 Å². The number of thiophene rings is 1. The molecule has 0 fully saturated rings. The summed E-state index contributed by atoms with van der Waals surface area (Å²) >= 11 is 7.30. The van der Waals surface area contributed by atoms with E-state index in [1.54, 1.807) is 42.7 Å². The van der Waals surface area contributed by atoms with Gasteiger partial charge < -0.3 is 10.6 Å². The summed E-state index contributed by atoms with van der Waals surface area (Å²) in [6, 6.07) is 12.5. The molecule has 1 aromatic carbocycles. The van der Waals surface area contributed by atoms with Crippen LogP contribution in [0.15, 0.2) is 54.9 Å². The molecular formula is C20H18ClN3O2S. The lowest BCUT2D eigenvalue weighted by atomic mass is 10.2. The summed E-state index contributed by atoms with van der Waals surface area (Å²) in [6.07, 6.45) is 4.21. The van der Waals surface area contributed by atoms with Gasteiger partial charge in [-0.25, -0.2) is 0 Å². The molecule has 0 aliphatic carbocycles. The second-order valence-corrected chi connectivity index (χ2v) is 7.38. The van der Waals surface area contributed by atoms with E-state index in [1.807, 2.05) is 19.1 Å². The molecule has 0 saturated carbocycles. The number of nitrogens with zero attached hydrogens (tertiary/aromatic N) is 1. The number of carbonyl (C=O) groups is 2. The molecule has 0 radical (unpaired) electrons. The Kier molecular flexibility index (Phi) is 6.21. The minimum atomic E-state index is -0.301. The monoisotopic (exact) mass is 399 g/mol. The summed E-state index contributed by atoms with van der Waals surface area (Å²) in [5, 5.41) is 6.70. The summed E-state index contributed by atoms with van der Waals surface area (Å²) < 4.78 is 0. The summed E-state index contributed by atoms with van der Waals surface area (Å²) in [6.45, 7) is 2.36. The maximum atomic E-state index is 12.4. The quantitative estimate of drug-likeness (QED) is 0.648. The Bertz CT molecular complexity index is 957. The van der Waals surface area contributed by atoms with Crippen molar-refractivity contribution in [3.05, 3.63) is 81.4 Å². The molecule has 2 aromatic heterocycles. The predicted octanol–water partition coefficient (Wildman–Crippen LogP) is 4.33. The van der Waals surface area contributed by atoms with Gasteiger partial charge in [0, 0.05) is 18.9 Å². The van der Waals surface area contributed by atoms with Crippen molar-refractivity contribution in [2.24, 2.45) is 0 Å². The zero-order chi connectivity index (χ0) is 19.2. The number of carbonyl (C=O) groups excluding carboxylic acids is 2. The molecule has 0 spiro atoms. The number of aromatic nitrogens is 1. The van der Waals surface area contributed by atoms with Gasteiger partial charge in [0.15, 0.2) is 0 Å². The molecule has 7 heteroatoms. The van der Waals surface area contributed by atoms with Gasteiger partial charge in [-0.2, -0.15) is 0 Å². The number of hydrogen-bond acceptors (Lipinski definition) is 4. The highest BCUT2D eigenvalue weighted by atomic mass is 35.5. The average Bonchev–Trinajstić information content (AvgIpc) is 3.03. The average molecular weight is 400 g/mol. The number of halogens is 1. The molecule has 2 heterocycles. The second-order valence-electron chi connectivity index (χ2n) is 5.92. The van der Waals surface area contributed by atoms with Crippen molar-refractivity contribution in [2.75, 3.05) is 11.9 Å². The Morgan fingerprint density at radius 2 is 1.96 bits per heavy atom. The van der Waals surface area contributed by atoms with E-state index in [0.29, 0.717) is 33.4 Å². The largest absolute Gasteiger partial charge is 0.351 e. The molecule has 0 saturated heterocycles. The van der Waals surface area contributed by atoms with E-state index in [9.17, 15) is 9.59 Å². The SMILES string of the molecule is Cc1cc(NC(=O)c2ccccc2Cl)sc1C(=O)NCCc1cccnc1. The smallest absolute Gasteiger partial charge is 0.261 e. The highest BCUT2D eigenvalue weighted by Crippen LogP contribution is 2.27. The van der Waals surface area contributed by atoms with Gasteiger partial charge in [0.25, 0.3) is 11.8 Å². The molecule has 3 rings (SSSR count). The van der Waals surface area contributed by atoms with Crippen LogP contribution in [0.2, 0.25) is 5.02 Å². The third-order valence-corrected chi connectivity index (χ3v) is 5.38. The van der Waals surface area contributed by atoms with Crippen LogP contribution in [-0.4, -0.2) is 23.3 Å². The summed E-state index contributed by atoms with van der Waals surface area (Å²) in [5.74, 6) is -0.454. The van der Waals surface area contributed by atoms with Crippen LogP contribution in [0.5, 0.6) is 0 Å². The summed E-state index contributed by atoms with van der Waals surface area (Å²) in [5.41, 5.74) is 2.27. The Labute approximate surface area is 166 Å². The van der Waals surface area contributed by atoms with Gasteiger partial charge in [0.05, 0.1) is 20.5 Å². The van der Waals surface area contributed by atoms with Crippen molar-refractivity contribution in [3.8, 4) is 0 Å². The molecule has 0 atom stereocenters. The molecule has 2 amide bonds. The van der Waals surface area contributed by atoms with Crippen molar-refractivity contribution < 1.29 is 9.59 Å². The lowest BCUT2D eigenvalue weighted by molar-refractivity contribution is 0.0956. The molecule has 0 unspecified atom stereocenters. The van der Waals surface area contributed by atoms with Gasteiger partial charge in [-0.05, 0) is 48.7 Å². The van der Waals surface area contributed by atoms with Crippen LogP contribution in [0, 0.1) is 6.92 Å². The van der Waals surface area contributed by atoms with Gasteiger partial charge in [0.1, 0.15) is 0 Å². The maximum absolute atomic E-state index is 12.4.